The van der Waals surface area contributed by atoms with Crippen LogP contribution in [0.2, 0.25) is 0 Å². The normalized spacial score (nSPS) is 14.4. The summed E-state index contributed by atoms with van der Waals surface area (Å²) in [5.41, 5.74) is 4.88. The third kappa shape index (κ3) is 8.77. The Morgan fingerprint density at radius 3 is 2.06 bits per heavy atom. The molecule has 0 spiro atoms. The number of halogens is 1. The van der Waals surface area contributed by atoms with E-state index in [1.807, 2.05) is 23.0 Å². The maximum absolute atomic E-state index is 11.1. The molecule has 50 heavy (non-hydrogen) atoms. The van der Waals surface area contributed by atoms with Gasteiger partial charge in [-0.05, 0) is 74.7 Å². The van der Waals surface area contributed by atoms with Crippen molar-refractivity contribution in [3.05, 3.63) is 72.8 Å². The van der Waals surface area contributed by atoms with Gasteiger partial charge in [-0.15, -0.1) is 11.6 Å². The topological polar surface area (TPSA) is 144 Å². The van der Waals surface area contributed by atoms with Crippen LogP contribution in [-0.4, -0.2) is 98.2 Å². The lowest BCUT2D eigenvalue weighted by Gasteiger charge is -2.36. The number of fused-ring (bicyclic) bond motifs is 3. The first-order valence-electron chi connectivity index (χ1n) is 16.8. The van der Waals surface area contributed by atoms with Gasteiger partial charge in [0, 0.05) is 63.0 Å². The number of nitrogens with zero attached hydrogens (tertiary/aromatic N) is 6. The Hall–Kier alpha value is -5.01. The zero-order chi connectivity index (χ0) is 34.9. The Morgan fingerprint density at radius 2 is 1.38 bits per heavy atom. The van der Waals surface area contributed by atoms with Crippen molar-refractivity contribution < 1.29 is 34.0 Å². The van der Waals surface area contributed by atoms with Gasteiger partial charge in [0.05, 0.1) is 40.3 Å². The molecule has 264 valence electrons. The molecule has 3 aromatic carbocycles. The number of unbranched alkanes of at least 4 members (excludes halogenated alkanes) is 2. The predicted molar refractivity (Wildman–Crippen MR) is 190 cm³/mol. The molecule has 0 saturated carbocycles. The van der Waals surface area contributed by atoms with Gasteiger partial charge in [0.15, 0.2) is 11.5 Å². The second kappa shape index (κ2) is 16.6. The molecule has 0 radical (unpaired) electrons. The fourth-order valence-corrected chi connectivity index (χ4v) is 6.40. The number of aromatic carboxylic acids is 1. The minimum Gasteiger partial charge on any atom is -0.486 e. The summed E-state index contributed by atoms with van der Waals surface area (Å²) in [5, 5.41) is 17.7. The lowest BCUT2D eigenvalue weighted by Crippen LogP contribution is -2.46. The quantitative estimate of drug-likeness (QED) is 0.0661. The first-order valence-corrected chi connectivity index (χ1v) is 17.4. The van der Waals surface area contributed by atoms with Crippen molar-refractivity contribution in [2.45, 2.75) is 38.8 Å². The third-order valence-corrected chi connectivity index (χ3v) is 9.10. The number of ether oxygens (including phenoxy) is 3. The molecule has 0 aliphatic carbocycles. The molecule has 0 amide bonds. The highest BCUT2D eigenvalue weighted by Crippen LogP contribution is 2.34. The maximum Gasteiger partial charge on any atom is 0.511 e. The number of rotatable bonds is 12. The van der Waals surface area contributed by atoms with Gasteiger partial charge in [-0.1, -0.05) is 0 Å². The van der Waals surface area contributed by atoms with Gasteiger partial charge in [0.1, 0.15) is 19.0 Å². The number of imidazole rings is 2. The second-order valence-electron chi connectivity index (χ2n) is 12.2. The number of alkyl halides is 1. The van der Waals surface area contributed by atoms with Gasteiger partial charge in [-0.25, -0.2) is 19.6 Å². The molecule has 1 fully saturated rings. The predicted octanol–water partition coefficient (Wildman–Crippen LogP) is 6.22. The largest absolute Gasteiger partial charge is 0.511 e. The summed E-state index contributed by atoms with van der Waals surface area (Å²) in [7, 11) is 0. The van der Waals surface area contributed by atoms with Crippen LogP contribution in [0.5, 0.6) is 17.2 Å². The van der Waals surface area contributed by atoms with Gasteiger partial charge in [0.25, 0.3) is 0 Å². The molecule has 0 unspecified atom stereocenters. The summed E-state index contributed by atoms with van der Waals surface area (Å²) in [6.07, 6.45) is 6.36. The minimum atomic E-state index is -1.32. The lowest BCUT2D eigenvalue weighted by atomic mass is 10.2. The van der Waals surface area contributed by atoms with E-state index in [-0.39, 0.29) is 11.3 Å². The highest BCUT2D eigenvalue weighted by molar-refractivity contribution is 6.17. The van der Waals surface area contributed by atoms with Crippen LogP contribution in [0, 0.1) is 0 Å². The molecular formula is C36H41ClN6O7. The van der Waals surface area contributed by atoms with Crippen LogP contribution in [0.15, 0.2) is 67.3 Å². The highest BCUT2D eigenvalue weighted by Gasteiger charge is 2.20. The van der Waals surface area contributed by atoms with E-state index in [1.54, 1.807) is 36.7 Å². The van der Waals surface area contributed by atoms with Crippen molar-refractivity contribution in [3.8, 4) is 17.2 Å². The zero-order valence-electron chi connectivity index (χ0n) is 27.7. The molecule has 5 aromatic rings. The van der Waals surface area contributed by atoms with Crippen LogP contribution < -0.4 is 19.1 Å². The second-order valence-corrected chi connectivity index (χ2v) is 12.5. The van der Waals surface area contributed by atoms with E-state index in [0.717, 1.165) is 105 Å². The third-order valence-electron chi connectivity index (χ3n) is 8.83. The van der Waals surface area contributed by atoms with E-state index in [9.17, 15) is 9.59 Å². The number of carboxylic acid groups (broad SMARTS) is 2. The van der Waals surface area contributed by atoms with Gasteiger partial charge in [-0.2, -0.15) is 0 Å². The van der Waals surface area contributed by atoms with E-state index >= 15 is 0 Å². The lowest BCUT2D eigenvalue weighted by molar-refractivity contribution is 0.0697. The summed E-state index contributed by atoms with van der Waals surface area (Å²) in [5.74, 6) is 1.70. The van der Waals surface area contributed by atoms with E-state index in [1.165, 1.54) is 5.69 Å². The van der Waals surface area contributed by atoms with Crippen molar-refractivity contribution in [2.75, 3.05) is 56.7 Å². The summed E-state index contributed by atoms with van der Waals surface area (Å²) in [4.78, 5) is 35.1. The molecule has 0 bridgehead atoms. The molecule has 1 saturated heterocycles. The standard InChI is InChI=1S/C24H28N4O4.C12H13ClN2O3/c29-24(30)18-3-5-21-20(15-18)25-17-28(21)8-2-1-7-26-9-11-27(12-10-26)19-4-6-22-23(16-19)32-14-13-31-22;13-5-1-2-6-15-8-14-10-7-9(18-12(16)17)3-4-11(10)15/h3-6,15-17H,1-2,7-14H2,(H,29,30);3-4,7-8H,1-2,5-6H2,(H,16,17). The van der Waals surface area contributed by atoms with Crippen LogP contribution in [0.1, 0.15) is 36.0 Å². The van der Waals surface area contributed by atoms with Crippen LogP contribution >= 0.6 is 11.6 Å². The van der Waals surface area contributed by atoms with Crippen LogP contribution in [-0.2, 0) is 13.1 Å². The Bertz CT molecular complexity index is 1920. The molecule has 2 aliphatic rings. The average Bonchev–Trinajstić information content (AvgIpc) is 3.73. The van der Waals surface area contributed by atoms with E-state index < -0.39 is 12.1 Å². The van der Waals surface area contributed by atoms with Gasteiger partial charge in [-0.3, -0.25) is 4.90 Å². The first kappa shape index (κ1) is 34.8. The number of piperazine rings is 1. The number of aryl methyl sites for hydroxylation is 2. The maximum atomic E-state index is 11.1. The first-order chi connectivity index (χ1) is 24.4. The zero-order valence-corrected chi connectivity index (χ0v) is 28.5. The molecule has 4 heterocycles. The Labute approximate surface area is 294 Å². The monoisotopic (exact) mass is 704 g/mol. The van der Waals surface area contributed by atoms with Gasteiger partial charge in [0.2, 0.25) is 0 Å². The smallest absolute Gasteiger partial charge is 0.486 e. The molecule has 2 aliphatic heterocycles. The SMILES string of the molecule is O=C(O)Oc1ccc2c(c1)ncn2CCCCCl.O=C(O)c1ccc2c(c1)ncn2CCCCN1CCN(c2ccc3c(c2)OCCO3)CC1. The molecule has 7 rings (SSSR count). The molecule has 2 N–H and O–H groups in total. The van der Waals surface area contributed by atoms with Crippen molar-refractivity contribution >= 4 is 51.5 Å². The summed E-state index contributed by atoms with van der Waals surface area (Å²) in [6, 6.07) is 16.4. The fourth-order valence-electron chi connectivity index (χ4n) is 6.21. The molecule has 0 atom stereocenters. The van der Waals surface area contributed by atoms with Crippen LogP contribution in [0.4, 0.5) is 10.5 Å². The van der Waals surface area contributed by atoms with Crippen LogP contribution in [0.3, 0.4) is 0 Å². The molecule has 14 heteroatoms. The summed E-state index contributed by atoms with van der Waals surface area (Å²) >= 11 is 5.63. The van der Waals surface area contributed by atoms with Crippen LogP contribution in [0.25, 0.3) is 22.1 Å². The number of carbonyl (C=O) groups is 2. The Kier molecular flexibility index (Phi) is 11.6. The number of benzene rings is 3. The van der Waals surface area contributed by atoms with Crippen molar-refractivity contribution in [1.82, 2.24) is 24.0 Å². The molecule has 2 aromatic heterocycles. The summed E-state index contributed by atoms with van der Waals surface area (Å²) in [6.45, 7) is 8.19. The fraction of sp³-hybridized carbons (Fsp3) is 0.389. The van der Waals surface area contributed by atoms with E-state index in [4.69, 9.17) is 31.3 Å². The van der Waals surface area contributed by atoms with Gasteiger partial charge >= 0.3 is 12.1 Å². The number of anilines is 1. The minimum absolute atomic E-state index is 0.276. The number of aromatic nitrogens is 4. The Morgan fingerprint density at radius 1 is 0.740 bits per heavy atom. The average molecular weight is 705 g/mol. The number of carboxylic acids is 1. The van der Waals surface area contributed by atoms with Crippen molar-refractivity contribution in [1.29, 1.82) is 0 Å². The number of hydrogen-bond donors (Lipinski definition) is 2. The van der Waals surface area contributed by atoms with E-state index in [2.05, 4.69) is 41.2 Å². The van der Waals surface area contributed by atoms with Crippen molar-refractivity contribution in [2.24, 2.45) is 0 Å². The van der Waals surface area contributed by atoms with Gasteiger partial charge < -0.3 is 38.5 Å². The molecular weight excluding hydrogens is 664 g/mol. The highest BCUT2D eigenvalue weighted by atomic mass is 35.5. The van der Waals surface area contributed by atoms with E-state index in [0.29, 0.717) is 19.1 Å². The van der Waals surface area contributed by atoms with Crippen molar-refractivity contribution in [3.63, 3.8) is 0 Å². The summed E-state index contributed by atoms with van der Waals surface area (Å²) < 4.78 is 20.1. The number of hydrogen-bond acceptors (Lipinski definition) is 9. The Balaban J connectivity index is 0.000000204. The molecule has 13 nitrogen and oxygen atoms in total.